The van der Waals surface area contributed by atoms with Crippen LogP contribution in [-0.4, -0.2) is 25.0 Å². The summed E-state index contributed by atoms with van der Waals surface area (Å²) < 4.78 is 5.36. The number of carbonyl (C=O) groups excluding carboxylic acids is 2. The number of hydrogen-bond acceptors (Lipinski definition) is 3. The van der Waals surface area contributed by atoms with Gasteiger partial charge >= 0.3 is 0 Å². The van der Waals surface area contributed by atoms with Crippen molar-refractivity contribution < 1.29 is 14.3 Å². The average molecular weight is 366 g/mol. The number of para-hydroxylation sites is 1. The highest BCUT2D eigenvalue weighted by Crippen LogP contribution is 2.24. The van der Waals surface area contributed by atoms with E-state index in [4.69, 9.17) is 4.74 Å². The van der Waals surface area contributed by atoms with Gasteiger partial charge in [-0.1, -0.05) is 36.4 Å². The average Bonchev–Trinajstić information content (AvgIpc) is 2.71. The van der Waals surface area contributed by atoms with Crippen molar-refractivity contribution in [3.05, 3.63) is 65.2 Å². The fraction of sp³-hybridized carbons (Fsp3) is 0.364. The minimum absolute atomic E-state index is 0.0632. The second-order valence-electron chi connectivity index (χ2n) is 6.90. The monoisotopic (exact) mass is 366 g/mol. The molecule has 27 heavy (non-hydrogen) atoms. The number of fused-ring (bicyclic) bond motifs is 1. The van der Waals surface area contributed by atoms with E-state index < -0.39 is 0 Å². The molecule has 2 aromatic carbocycles. The summed E-state index contributed by atoms with van der Waals surface area (Å²) in [6.07, 6.45) is 4.75. The summed E-state index contributed by atoms with van der Waals surface area (Å²) in [6, 6.07) is 15.5. The van der Waals surface area contributed by atoms with Gasteiger partial charge in [0.2, 0.25) is 5.91 Å². The van der Waals surface area contributed by atoms with E-state index in [0.717, 1.165) is 18.4 Å². The number of rotatable bonds is 7. The van der Waals surface area contributed by atoms with E-state index in [1.54, 1.807) is 12.1 Å². The molecular weight excluding hydrogens is 340 g/mol. The van der Waals surface area contributed by atoms with Crippen molar-refractivity contribution in [3.63, 3.8) is 0 Å². The van der Waals surface area contributed by atoms with Gasteiger partial charge in [-0.3, -0.25) is 9.59 Å². The second-order valence-corrected chi connectivity index (χ2v) is 6.90. The summed E-state index contributed by atoms with van der Waals surface area (Å²) in [5.41, 5.74) is 3.92. The third-order valence-electron chi connectivity index (χ3n) is 4.81. The standard InChI is InChI=1S/C22H26N2O3/c1-16(18-12-11-17-7-5-6-8-19(17)13-18)24-21(25)14-23-22(26)15-27-20-9-3-2-4-10-20/h2-4,9-13,16H,5-8,14-15H2,1H3,(H,23,26)(H,24,25)/t16-/m1/s1. The van der Waals surface area contributed by atoms with Gasteiger partial charge in [0.05, 0.1) is 12.6 Å². The lowest BCUT2D eigenvalue weighted by Gasteiger charge is -2.20. The first-order valence-electron chi connectivity index (χ1n) is 9.47. The molecule has 3 rings (SSSR count). The second kappa shape index (κ2) is 9.21. The van der Waals surface area contributed by atoms with Gasteiger partial charge in [-0.2, -0.15) is 0 Å². The Kier molecular flexibility index (Phi) is 6.47. The summed E-state index contributed by atoms with van der Waals surface area (Å²) in [7, 11) is 0. The molecule has 5 nitrogen and oxygen atoms in total. The van der Waals surface area contributed by atoms with E-state index in [1.165, 1.54) is 24.0 Å². The smallest absolute Gasteiger partial charge is 0.258 e. The van der Waals surface area contributed by atoms with Crippen molar-refractivity contribution in [1.29, 1.82) is 0 Å². The molecule has 0 saturated heterocycles. The molecule has 2 amide bonds. The molecule has 0 saturated carbocycles. The Balaban J connectivity index is 1.42. The zero-order valence-electron chi connectivity index (χ0n) is 15.7. The molecule has 0 heterocycles. The van der Waals surface area contributed by atoms with Crippen molar-refractivity contribution in [2.75, 3.05) is 13.2 Å². The predicted molar refractivity (Wildman–Crippen MR) is 105 cm³/mol. The van der Waals surface area contributed by atoms with Crippen LogP contribution in [-0.2, 0) is 22.4 Å². The molecule has 1 atom stereocenters. The van der Waals surface area contributed by atoms with Crippen LogP contribution in [0.25, 0.3) is 0 Å². The summed E-state index contributed by atoms with van der Waals surface area (Å²) in [4.78, 5) is 23.9. The van der Waals surface area contributed by atoms with Gasteiger partial charge in [-0.05, 0) is 61.4 Å². The molecule has 2 N–H and O–H groups in total. The Bertz CT molecular complexity index is 789. The number of nitrogens with one attached hydrogen (secondary N) is 2. The van der Waals surface area contributed by atoms with E-state index in [2.05, 4.69) is 28.8 Å². The van der Waals surface area contributed by atoms with E-state index in [-0.39, 0.29) is 31.0 Å². The van der Waals surface area contributed by atoms with Crippen LogP contribution in [0.4, 0.5) is 0 Å². The van der Waals surface area contributed by atoms with E-state index in [9.17, 15) is 9.59 Å². The molecule has 0 spiro atoms. The maximum atomic E-state index is 12.1. The maximum absolute atomic E-state index is 12.1. The Morgan fingerprint density at radius 3 is 2.52 bits per heavy atom. The molecule has 0 aliphatic heterocycles. The lowest BCUT2D eigenvalue weighted by molar-refractivity contribution is -0.127. The number of benzene rings is 2. The molecule has 0 bridgehead atoms. The van der Waals surface area contributed by atoms with Gasteiger partial charge in [-0.15, -0.1) is 0 Å². The molecule has 0 fully saturated rings. The van der Waals surface area contributed by atoms with Gasteiger partial charge in [0.15, 0.2) is 6.61 Å². The highest BCUT2D eigenvalue weighted by molar-refractivity contribution is 5.85. The van der Waals surface area contributed by atoms with Gasteiger partial charge < -0.3 is 15.4 Å². The van der Waals surface area contributed by atoms with Gasteiger partial charge in [0.1, 0.15) is 5.75 Å². The first-order valence-corrected chi connectivity index (χ1v) is 9.47. The third kappa shape index (κ3) is 5.58. The Morgan fingerprint density at radius 2 is 1.74 bits per heavy atom. The van der Waals surface area contributed by atoms with Gasteiger partial charge in [0.25, 0.3) is 5.91 Å². The van der Waals surface area contributed by atoms with Crippen LogP contribution in [0, 0.1) is 0 Å². The molecule has 142 valence electrons. The number of aryl methyl sites for hydroxylation is 2. The summed E-state index contributed by atoms with van der Waals surface area (Å²) in [6.45, 7) is 1.78. The molecule has 0 radical (unpaired) electrons. The molecule has 5 heteroatoms. The summed E-state index contributed by atoms with van der Waals surface area (Å²) in [5, 5.41) is 5.52. The third-order valence-corrected chi connectivity index (χ3v) is 4.81. The van der Waals surface area contributed by atoms with Crippen molar-refractivity contribution in [3.8, 4) is 5.75 Å². The predicted octanol–water partition coefficient (Wildman–Crippen LogP) is 2.94. The number of ether oxygens (including phenoxy) is 1. The van der Waals surface area contributed by atoms with Crippen LogP contribution in [0.1, 0.15) is 42.5 Å². The van der Waals surface area contributed by atoms with Crippen LogP contribution in [0.3, 0.4) is 0 Å². The first-order chi connectivity index (χ1) is 13.1. The minimum Gasteiger partial charge on any atom is -0.484 e. The van der Waals surface area contributed by atoms with Crippen LogP contribution in [0.15, 0.2) is 48.5 Å². The van der Waals surface area contributed by atoms with E-state index in [1.807, 2.05) is 25.1 Å². The highest BCUT2D eigenvalue weighted by atomic mass is 16.5. The molecule has 0 aromatic heterocycles. The maximum Gasteiger partial charge on any atom is 0.258 e. The van der Waals surface area contributed by atoms with E-state index >= 15 is 0 Å². The highest BCUT2D eigenvalue weighted by Gasteiger charge is 2.14. The van der Waals surface area contributed by atoms with Crippen molar-refractivity contribution >= 4 is 11.8 Å². The van der Waals surface area contributed by atoms with Crippen LogP contribution >= 0.6 is 0 Å². The zero-order valence-corrected chi connectivity index (χ0v) is 15.7. The lowest BCUT2D eigenvalue weighted by atomic mass is 9.89. The number of hydrogen-bond donors (Lipinski definition) is 2. The van der Waals surface area contributed by atoms with Gasteiger partial charge in [-0.25, -0.2) is 0 Å². The van der Waals surface area contributed by atoms with Crippen molar-refractivity contribution in [1.82, 2.24) is 10.6 Å². The minimum atomic E-state index is -0.324. The van der Waals surface area contributed by atoms with Crippen LogP contribution in [0.5, 0.6) is 5.75 Å². The molecular formula is C22H26N2O3. The summed E-state index contributed by atoms with van der Waals surface area (Å²) >= 11 is 0. The number of amides is 2. The SMILES string of the molecule is C[C@@H](NC(=O)CNC(=O)COc1ccccc1)c1ccc2c(c1)CCCC2. The quantitative estimate of drug-likeness (QED) is 0.792. The largest absolute Gasteiger partial charge is 0.484 e. The fourth-order valence-corrected chi connectivity index (χ4v) is 3.29. The topological polar surface area (TPSA) is 67.4 Å². The zero-order chi connectivity index (χ0) is 19.1. The number of carbonyl (C=O) groups is 2. The molecule has 2 aromatic rings. The molecule has 0 unspecified atom stereocenters. The Hall–Kier alpha value is -2.82. The molecule has 1 aliphatic rings. The van der Waals surface area contributed by atoms with Crippen molar-refractivity contribution in [2.45, 2.75) is 38.6 Å². The first kappa shape index (κ1) is 19.0. The normalized spacial score (nSPS) is 14.0. The fourth-order valence-electron chi connectivity index (χ4n) is 3.29. The molecule has 1 aliphatic carbocycles. The van der Waals surface area contributed by atoms with Crippen LogP contribution in [0.2, 0.25) is 0 Å². The Morgan fingerprint density at radius 1 is 1.00 bits per heavy atom. The van der Waals surface area contributed by atoms with Gasteiger partial charge in [0, 0.05) is 0 Å². The van der Waals surface area contributed by atoms with Crippen LogP contribution < -0.4 is 15.4 Å². The Labute approximate surface area is 160 Å². The lowest BCUT2D eigenvalue weighted by Crippen LogP contribution is -2.39. The van der Waals surface area contributed by atoms with Crippen molar-refractivity contribution in [2.24, 2.45) is 0 Å². The van der Waals surface area contributed by atoms with E-state index in [0.29, 0.717) is 5.75 Å². The summed E-state index contributed by atoms with van der Waals surface area (Å²) in [5.74, 6) is 0.0850.